The molecule has 0 heterocycles. The Balaban J connectivity index is 2.38. The molecule has 0 fully saturated rings. The fraction of sp³-hybridized carbons (Fsp3) is 0.143. The molecule has 0 bridgehead atoms. The van der Waals surface area contributed by atoms with Crippen molar-refractivity contribution in [1.29, 1.82) is 0 Å². The Kier molecular flexibility index (Phi) is 5.27. The maximum atomic E-state index is 14.0. The standard InChI is InChI=1S/C14H11BrClF3N2/c15-10-3-4-11(17)9(14(10)19)6-13(21-20)8-2-1-7(16)5-12(8)18/h1-5,13,21H,6,20H2. The van der Waals surface area contributed by atoms with Crippen LogP contribution in [0.5, 0.6) is 0 Å². The van der Waals surface area contributed by atoms with Gasteiger partial charge in [-0.05, 0) is 46.6 Å². The Morgan fingerprint density at radius 2 is 1.86 bits per heavy atom. The van der Waals surface area contributed by atoms with Crippen LogP contribution in [0, 0.1) is 17.5 Å². The lowest BCUT2D eigenvalue weighted by molar-refractivity contribution is 0.479. The number of hydrazine groups is 1. The minimum absolute atomic E-state index is 0.131. The van der Waals surface area contributed by atoms with Crippen LogP contribution >= 0.6 is 27.5 Å². The summed E-state index contributed by atoms with van der Waals surface area (Å²) >= 11 is 8.67. The second kappa shape index (κ2) is 6.79. The predicted molar refractivity (Wildman–Crippen MR) is 79.2 cm³/mol. The molecule has 0 aromatic heterocycles. The van der Waals surface area contributed by atoms with Gasteiger partial charge in [0.05, 0.1) is 10.5 Å². The van der Waals surface area contributed by atoms with Gasteiger partial charge < -0.3 is 0 Å². The second-order valence-corrected chi connectivity index (χ2v) is 5.70. The van der Waals surface area contributed by atoms with Crippen molar-refractivity contribution in [2.24, 2.45) is 5.84 Å². The summed E-state index contributed by atoms with van der Waals surface area (Å²) < 4.78 is 41.8. The molecule has 21 heavy (non-hydrogen) atoms. The van der Waals surface area contributed by atoms with Crippen LogP contribution in [-0.2, 0) is 6.42 Å². The molecule has 2 aromatic rings. The van der Waals surface area contributed by atoms with Crippen molar-refractivity contribution in [2.45, 2.75) is 12.5 Å². The van der Waals surface area contributed by atoms with Gasteiger partial charge in [0.2, 0.25) is 0 Å². The molecular formula is C14H11BrClF3N2. The lowest BCUT2D eigenvalue weighted by atomic mass is 9.98. The number of benzene rings is 2. The van der Waals surface area contributed by atoms with Gasteiger partial charge in [0.25, 0.3) is 0 Å². The summed E-state index contributed by atoms with van der Waals surface area (Å²) in [6, 6.07) is 5.64. The SMILES string of the molecule is NNC(Cc1c(F)ccc(Br)c1F)c1ccc(Cl)cc1F. The third kappa shape index (κ3) is 3.58. The molecule has 0 aliphatic heterocycles. The van der Waals surface area contributed by atoms with Crippen molar-refractivity contribution in [1.82, 2.24) is 5.43 Å². The lowest BCUT2D eigenvalue weighted by Crippen LogP contribution is -2.30. The van der Waals surface area contributed by atoms with Gasteiger partial charge in [0.1, 0.15) is 17.5 Å². The molecule has 0 amide bonds. The molecule has 0 saturated carbocycles. The molecule has 3 N–H and O–H groups in total. The molecule has 0 saturated heterocycles. The largest absolute Gasteiger partial charge is 0.271 e. The second-order valence-electron chi connectivity index (χ2n) is 4.41. The third-order valence-electron chi connectivity index (χ3n) is 3.09. The Bertz CT molecular complexity index is 667. The summed E-state index contributed by atoms with van der Waals surface area (Å²) in [5, 5.41) is 0.229. The molecule has 112 valence electrons. The van der Waals surface area contributed by atoms with Crippen LogP contribution in [0.15, 0.2) is 34.8 Å². The third-order valence-corrected chi connectivity index (χ3v) is 3.93. The number of halogens is 5. The minimum atomic E-state index is -0.791. The number of hydrogen-bond acceptors (Lipinski definition) is 2. The zero-order chi connectivity index (χ0) is 15.6. The fourth-order valence-corrected chi connectivity index (χ4v) is 2.53. The van der Waals surface area contributed by atoms with E-state index in [0.717, 1.165) is 12.1 Å². The smallest absolute Gasteiger partial charge is 0.143 e. The Hall–Kier alpha value is -1.08. The maximum absolute atomic E-state index is 14.0. The van der Waals surface area contributed by atoms with Crippen LogP contribution in [0.2, 0.25) is 5.02 Å². The molecule has 0 radical (unpaired) electrons. The summed E-state index contributed by atoms with van der Waals surface area (Å²) in [5.74, 6) is 3.35. The van der Waals surface area contributed by atoms with E-state index in [1.54, 1.807) is 0 Å². The lowest BCUT2D eigenvalue weighted by Gasteiger charge is -2.18. The van der Waals surface area contributed by atoms with Gasteiger partial charge in [0, 0.05) is 16.1 Å². The summed E-state index contributed by atoms with van der Waals surface area (Å²) in [6.45, 7) is 0. The number of nitrogens with one attached hydrogen (secondary N) is 1. The van der Waals surface area contributed by atoms with Gasteiger partial charge in [-0.2, -0.15) is 0 Å². The molecule has 2 rings (SSSR count). The summed E-state index contributed by atoms with van der Waals surface area (Å²) in [6.07, 6.45) is -0.147. The highest BCUT2D eigenvalue weighted by Gasteiger charge is 2.20. The molecule has 7 heteroatoms. The molecule has 0 aliphatic rings. The van der Waals surface area contributed by atoms with E-state index in [-0.39, 0.29) is 27.0 Å². The van der Waals surface area contributed by atoms with Crippen LogP contribution in [0.3, 0.4) is 0 Å². The van der Waals surface area contributed by atoms with Crippen LogP contribution in [0.1, 0.15) is 17.2 Å². The van der Waals surface area contributed by atoms with Crippen molar-refractivity contribution < 1.29 is 13.2 Å². The first-order chi connectivity index (χ1) is 9.93. The van der Waals surface area contributed by atoms with Crippen molar-refractivity contribution >= 4 is 27.5 Å². The first-order valence-corrected chi connectivity index (χ1v) is 7.14. The quantitative estimate of drug-likeness (QED) is 0.473. The van der Waals surface area contributed by atoms with Crippen LogP contribution in [0.25, 0.3) is 0 Å². The normalized spacial score (nSPS) is 12.5. The minimum Gasteiger partial charge on any atom is -0.271 e. The number of rotatable bonds is 4. The summed E-state index contributed by atoms with van der Waals surface area (Å²) in [5.41, 5.74) is 2.37. The maximum Gasteiger partial charge on any atom is 0.143 e. The van der Waals surface area contributed by atoms with E-state index in [9.17, 15) is 13.2 Å². The predicted octanol–water partition coefficient (Wildman–Crippen LogP) is 4.27. The van der Waals surface area contributed by atoms with E-state index in [1.807, 2.05) is 0 Å². The van der Waals surface area contributed by atoms with E-state index in [0.29, 0.717) is 0 Å². The highest BCUT2D eigenvalue weighted by Crippen LogP contribution is 2.28. The highest BCUT2D eigenvalue weighted by atomic mass is 79.9. The molecule has 0 aliphatic carbocycles. The van der Waals surface area contributed by atoms with Gasteiger partial charge in [-0.15, -0.1) is 0 Å². The molecule has 1 unspecified atom stereocenters. The van der Waals surface area contributed by atoms with Crippen molar-refractivity contribution in [3.8, 4) is 0 Å². The molecule has 0 spiro atoms. The first-order valence-electron chi connectivity index (χ1n) is 5.97. The zero-order valence-corrected chi connectivity index (χ0v) is 13.0. The molecule has 2 aromatic carbocycles. The zero-order valence-electron chi connectivity index (χ0n) is 10.6. The van der Waals surface area contributed by atoms with Gasteiger partial charge in [-0.25, -0.2) is 13.2 Å². The monoisotopic (exact) mass is 378 g/mol. The average Bonchev–Trinajstić information content (AvgIpc) is 2.44. The highest BCUT2D eigenvalue weighted by molar-refractivity contribution is 9.10. The molecule has 2 nitrogen and oxygen atoms in total. The number of hydrogen-bond donors (Lipinski definition) is 2. The average molecular weight is 380 g/mol. The Labute approximate surface area is 133 Å². The van der Waals surface area contributed by atoms with Crippen molar-refractivity contribution in [2.75, 3.05) is 0 Å². The van der Waals surface area contributed by atoms with Crippen molar-refractivity contribution in [3.63, 3.8) is 0 Å². The van der Waals surface area contributed by atoms with Crippen LogP contribution in [0.4, 0.5) is 13.2 Å². The first kappa shape index (κ1) is 16.3. The summed E-state index contributed by atoms with van der Waals surface area (Å²) in [7, 11) is 0. The molecular weight excluding hydrogens is 369 g/mol. The summed E-state index contributed by atoms with van der Waals surface area (Å²) in [4.78, 5) is 0. The molecule has 1 atom stereocenters. The van der Waals surface area contributed by atoms with Gasteiger partial charge in [-0.3, -0.25) is 11.3 Å². The Morgan fingerprint density at radius 1 is 1.14 bits per heavy atom. The van der Waals surface area contributed by atoms with Gasteiger partial charge >= 0.3 is 0 Å². The fourth-order valence-electron chi connectivity index (χ4n) is 2.00. The number of nitrogens with two attached hydrogens (primary N) is 1. The van der Waals surface area contributed by atoms with Crippen LogP contribution < -0.4 is 11.3 Å². The van der Waals surface area contributed by atoms with E-state index >= 15 is 0 Å². The van der Waals surface area contributed by atoms with Gasteiger partial charge in [0.15, 0.2) is 0 Å². The van der Waals surface area contributed by atoms with Crippen LogP contribution in [-0.4, -0.2) is 0 Å². The van der Waals surface area contributed by atoms with Crippen molar-refractivity contribution in [3.05, 3.63) is 68.4 Å². The van der Waals surface area contributed by atoms with Gasteiger partial charge in [-0.1, -0.05) is 17.7 Å². The van der Waals surface area contributed by atoms with E-state index in [2.05, 4.69) is 21.4 Å². The topological polar surface area (TPSA) is 38.0 Å². The van der Waals surface area contributed by atoms with E-state index < -0.39 is 23.5 Å². The van der Waals surface area contributed by atoms with E-state index in [1.165, 1.54) is 18.2 Å². The van der Waals surface area contributed by atoms with E-state index in [4.69, 9.17) is 17.4 Å². The Morgan fingerprint density at radius 3 is 2.48 bits per heavy atom.